The highest BCUT2D eigenvalue weighted by atomic mass is 16.4. The molecular formula is C20H32O2. The Morgan fingerprint density at radius 2 is 1.23 bits per heavy atom. The van der Waals surface area contributed by atoms with Crippen LogP contribution in [0, 0.1) is 0 Å². The molecule has 0 spiro atoms. The van der Waals surface area contributed by atoms with Gasteiger partial charge in [0, 0.05) is 6.42 Å². The highest BCUT2D eigenvalue weighted by Gasteiger charge is 1.95. The number of carboxylic acid groups (broad SMARTS) is 1. The molecule has 0 heterocycles. The Morgan fingerprint density at radius 1 is 0.727 bits per heavy atom. The average molecular weight is 304 g/mol. The first-order valence-electron chi connectivity index (χ1n) is 8.59. The van der Waals surface area contributed by atoms with Crippen LogP contribution < -0.4 is 0 Å². The largest absolute Gasteiger partial charge is 0.481 e. The van der Waals surface area contributed by atoms with Crippen LogP contribution in [0.1, 0.15) is 71.1 Å². The van der Waals surface area contributed by atoms with Gasteiger partial charge in [0.05, 0.1) is 0 Å². The molecule has 0 radical (unpaired) electrons. The van der Waals surface area contributed by atoms with Gasteiger partial charge in [0.15, 0.2) is 0 Å². The van der Waals surface area contributed by atoms with Gasteiger partial charge in [-0.25, -0.2) is 0 Å². The molecule has 0 aromatic carbocycles. The maximum atomic E-state index is 10.3. The number of carboxylic acids is 1. The number of carbonyl (C=O) groups is 1. The number of hydrogen-bond donors (Lipinski definition) is 1. The van der Waals surface area contributed by atoms with Gasteiger partial charge < -0.3 is 5.11 Å². The van der Waals surface area contributed by atoms with Gasteiger partial charge in [-0.1, -0.05) is 68.4 Å². The van der Waals surface area contributed by atoms with E-state index in [-0.39, 0.29) is 0 Å². The van der Waals surface area contributed by atoms with Gasteiger partial charge in [-0.2, -0.15) is 0 Å². The third-order valence-corrected chi connectivity index (χ3v) is 3.23. The van der Waals surface area contributed by atoms with Crippen molar-refractivity contribution in [2.45, 2.75) is 71.1 Å². The van der Waals surface area contributed by atoms with Gasteiger partial charge in [0.1, 0.15) is 0 Å². The Labute approximate surface area is 136 Å². The minimum atomic E-state index is -0.682. The van der Waals surface area contributed by atoms with E-state index < -0.39 is 5.97 Å². The van der Waals surface area contributed by atoms with E-state index in [0.717, 1.165) is 57.8 Å². The summed E-state index contributed by atoms with van der Waals surface area (Å²) in [6.07, 6.45) is 27.4. The number of allylic oxidation sites excluding steroid dienone is 8. The highest BCUT2D eigenvalue weighted by molar-refractivity contribution is 5.66. The van der Waals surface area contributed by atoms with Crippen molar-refractivity contribution in [3.05, 3.63) is 48.6 Å². The van der Waals surface area contributed by atoms with Crippen molar-refractivity contribution < 1.29 is 9.90 Å². The fourth-order valence-corrected chi connectivity index (χ4v) is 1.99. The number of aliphatic carboxylic acids is 1. The topological polar surface area (TPSA) is 37.3 Å². The van der Waals surface area contributed by atoms with Crippen LogP contribution in [0.4, 0.5) is 0 Å². The van der Waals surface area contributed by atoms with Crippen molar-refractivity contribution in [3.63, 3.8) is 0 Å². The molecule has 0 rings (SSSR count). The molecule has 2 nitrogen and oxygen atoms in total. The summed E-state index contributed by atoms with van der Waals surface area (Å²) in [5.41, 5.74) is 0. The predicted octanol–water partition coefficient (Wildman–Crippen LogP) is 6.22. The summed E-state index contributed by atoms with van der Waals surface area (Å²) in [6.45, 7) is 2.15. The van der Waals surface area contributed by atoms with Crippen LogP contribution in [0.25, 0.3) is 0 Å². The fourth-order valence-electron chi connectivity index (χ4n) is 1.99. The second-order valence-corrected chi connectivity index (χ2v) is 5.35. The van der Waals surface area contributed by atoms with Gasteiger partial charge in [-0.05, 0) is 44.9 Å². The van der Waals surface area contributed by atoms with Gasteiger partial charge in [-0.3, -0.25) is 4.79 Å². The number of hydrogen-bond acceptors (Lipinski definition) is 1. The molecule has 0 fully saturated rings. The highest BCUT2D eigenvalue weighted by Crippen LogP contribution is 2.06. The molecule has 0 aromatic heterocycles. The van der Waals surface area contributed by atoms with Crippen molar-refractivity contribution in [2.24, 2.45) is 0 Å². The molecule has 1 N–H and O–H groups in total. The van der Waals surface area contributed by atoms with E-state index in [1.807, 2.05) is 0 Å². The van der Waals surface area contributed by atoms with Crippen LogP contribution in [0.5, 0.6) is 0 Å². The Morgan fingerprint density at radius 3 is 1.77 bits per heavy atom. The normalized spacial score (nSPS) is 12.4. The summed E-state index contributed by atoms with van der Waals surface area (Å²) in [7, 11) is 0. The van der Waals surface area contributed by atoms with E-state index in [0.29, 0.717) is 6.42 Å². The summed E-state index contributed by atoms with van der Waals surface area (Å²) < 4.78 is 0. The van der Waals surface area contributed by atoms with Crippen LogP contribution in [-0.2, 0) is 4.79 Å². The molecule has 0 bridgehead atoms. The Bertz CT molecular complexity index is 362. The van der Waals surface area contributed by atoms with Crippen molar-refractivity contribution in [2.75, 3.05) is 0 Å². The molecule has 0 aliphatic carbocycles. The number of unbranched alkanes of at least 4 members (excludes halogenated alkanes) is 4. The minimum absolute atomic E-state index is 0.309. The average Bonchev–Trinajstić information content (AvgIpc) is 2.50. The Balaban J connectivity index is 3.34. The minimum Gasteiger partial charge on any atom is -0.481 e. The molecule has 124 valence electrons. The van der Waals surface area contributed by atoms with E-state index in [4.69, 9.17) is 5.11 Å². The quantitative estimate of drug-likeness (QED) is 0.305. The molecule has 0 unspecified atom stereocenters. The van der Waals surface area contributed by atoms with E-state index in [1.54, 1.807) is 0 Å². The zero-order valence-corrected chi connectivity index (χ0v) is 14.0. The van der Waals surface area contributed by atoms with Gasteiger partial charge >= 0.3 is 5.97 Å². The molecule has 0 aliphatic rings. The molecule has 22 heavy (non-hydrogen) atoms. The summed E-state index contributed by atoms with van der Waals surface area (Å²) >= 11 is 0. The van der Waals surface area contributed by atoms with E-state index in [1.165, 1.54) is 0 Å². The standard InChI is InChI=1S/C20H32O2/c1-2-3-4-5-6-7-8-9-10-11-12-13-14-15-16-17-18-19-20(21)22/h3-4,6-7,9-10,12-13H,2,5,8,11,14-19H2,1H3,(H,21,22)/b4-3-,7-6+,10-9-,13-12-. The summed E-state index contributed by atoms with van der Waals surface area (Å²) in [5.74, 6) is -0.682. The zero-order valence-electron chi connectivity index (χ0n) is 14.0. The van der Waals surface area contributed by atoms with Crippen LogP contribution >= 0.6 is 0 Å². The van der Waals surface area contributed by atoms with E-state index in [2.05, 4.69) is 55.5 Å². The molecule has 0 amide bonds. The molecule has 0 saturated carbocycles. The van der Waals surface area contributed by atoms with Crippen LogP contribution in [0.15, 0.2) is 48.6 Å². The molecule has 0 atom stereocenters. The van der Waals surface area contributed by atoms with E-state index in [9.17, 15) is 4.79 Å². The molecule has 0 aromatic rings. The fraction of sp³-hybridized carbons (Fsp3) is 0.550. The van der Waals surface area contributed by atoms with Crippen LogP contribution in [-0.4, -0.2) is 11.1 Å². The van der Waals surface area contributed by atoms with Gasteiger partial charge in [0.2, 0.25) is 0 Å². The van der Waals surface area contributed by atoms with Crippen molar-refractivity contribution in [1.82, 2.24) is 0 Å². The van der Waals surface area contributed by atoms with Gasteiger partial charge in [0.25, 0.3) is 0 Å². The lowest BCUT2D eigenvalue weighted by molar-refractivity contribution is -0.137. The molecule has 0 saturated heterocycles. The first-order chi connectivity index (χ1) is 10.8. The summed E-state index contributed by atoms with van der Waals surface area (Å²) in [6, 6.07) is 0. The van der Waals surface area contributed by atoms with Crippen molar-refractivity contribution in [3.8, 4) is 0 Å². The SMILES string of the molecule is CC/C=C\C/C=C/C/C=C\C/C=C\CCCCCCC(=O)O. The second-order valence-electron chi connectivity index (χ2n) is 5.35. The monoisotopic (exact) mass is 304 g/mol. The maximum Gasteiger partial charge on any atom is 0.303 e. The molecule has 0 aliphatic heterocycles. The Kier molecular flexibility index (Phi) is 16.2. The lowest BCUT2D eigenvalue weighted by atomic mass is 10.1. The number of rotatable bonds is 14. The molecule has 2 heteroatoms. The summed E-state index contributed by atoms with van der Waals surface area (Å²) in [4.78, 5) is 10.3. The first kappa shape index (κ1) is 20.4. The maximum absolute atomic E-state index is 10.3. The predicted molar refractivity (Wildman–Crippen MR) is 96.0 cm³/mol. The third kappa shape index (κ3) is 18.4. The van der Waals surface area contributed by atoms with E-state index >= 15 is 0 Å². The lowest BCUT2D eigenvalue weighted by Gasteiger charge is -1.96. The second kappa shape index (κ2) is 17.5. The van der Waals surface area contributed by atoms with Crippen molar-refractivity contribution in [1.29, 1.82) is 0 Å². The van der Waals surface area contributed by atoms with Gasteiger partial charge in [-0.15, -0.1) is 0 Å². The van der Waals surface area contributed by atoms with Crippen LogP contribution in [0.3, 0.4) is 0 Å². The smallest absolute Gasteiger partial charge is 0.303 e. The first-order valence-corrected chi connectivity index (χ1v) is 8.59. The zero-order chi connectivity index (χ0) is 16.3. The third-order valence-electron chi connectivity index (χ3n) is 3.23. The summed E-state index contributed by atoms with van der Waals surface area (Å²) in [5, 5.41) is 8.51. The molecular weight excluding hydrogens is 272 g/mol. The van der Waals surface area contributed by atoms with Crippen LogP contribution in [0.2, 0.25) is 0 Å². The Hall–Kier alpha value is -1.57. The van der Waals surface area contributed by atoms with Crippen molar-refractivity contribution >= 4 is 5.97 Å². The lowest BCUT2D eigenvalue weighted by Crippen LogP contribution is -1.93.